The highest BCUT2D eigenvalue weighted by Crippen LogP contribution is 2.40. The van der Waals surface area contributed by atoms with Crippen molar-refractivity contribution in [3.63, 3.8) is 0 Å². The van der Waals surface area contributed by atoms with Crippen LogP contribution >= 0.6 is 0 Å². The first kappa shape index (κ1) is 15.4. The van der Waals surface area contributed by atoms with E-state index in [1.165, 1.54) is 0 Å². The molecule has 0 saturated carbocycles. The van der Waals surface area contributed by atoms with Crippen LogP contribution in [-0.4, -0.2) is 18.5 Å². The zero-order valence-corrected chi connectivity index (χ0v) is 13.6. The SMILES string of the molecule is COc1ccc2c(c1)C(=O)C(Cc1cccc(N)c1)C(C)(C)O2. The molecular formula is C19H21NO3. The average Bonchev–Trinajstić information content (AvgIpc) is 2.51. The molecule has 0 radical (unpaired) electrons. The molecule has 2 N–H and O–H groups in total. The standard InChI is InChI=1S/C19H21NO3/c1-19(2)16(10-12-5-4-6-13(20)9-12)18(21)15-11-14(22-3)7-8-17(15)23-19/h4-9,11,16H,10,20H2,1-3H3. The van der Waals surface area contributed by atoms with Crippen molar-refractivity contribution < 1.29 is 14.3 Å². The molecule has 3 rings (SSSR count). The van der Waals surface area contributed by atoms with Gasteiger partial charge in [0, 0.05) is 5.69 Å². The lowest BCUT2D eigenvalue weighted by Gasteiger charge is -2.39. The Balaban J connectivity index is 1.97. The quantitative estimate of drug-likeness (QED) is 0.881. The van der Waals surface area contributed by atoms with E-state index in [0.29, 0.717) is 29.2 Å². The number of carbonyl (C=O) groups is 1. The largest absolute Gasteiger partial charge is 0.497 e. The number of carbonyl (C=O) groups excluding carboxylic acids is 1. The maximum atomic E-state index is 13.0. The number of anilines is 1. The molecule has 23 heavy (non-hydrogen) atoms. The molecule has 1 heterocycles. The molecule has 120 valence electrons. The van der Waals surface area contributed by atoms with Crippen molar-refractivity contribution in [2.24, 2.45) is 5.92 Å². The number of hydrogen-bond donors (Lipinski definition) is 1. The maximum Gasteiger partial charge on any atom is 0.174 e. The molecule has 1 unspecified atom stereocenters. The molecule has 0 bridgehead atoms. The van der Waals surface area contributed by atoms with Gasteiger partial charge in [0.05, 0.1) is 18.6 Å². The van der Waals surface area contributed by atoms with Gasteiger partial charge in [0.15, 0.2) is 5.78 Å². The summed E-state index contributed by atoms with van der Waals surface area (Å²) in [4.78, 5) is 13.0. The van der Waals surface area contributed by atoms with Gasteiger partial charge >= 0.3 is 0 Å². The Kier molecular flexibility index (Phi) is 3.76. The van der Waals surface area contributed by atoms with Crippen molar-refractivity contribution in [2.45, 2.75) is 25.9 Å². The topological polar surface area (TPSA) is 61.5 Å². The number of Topliss-reactive ketones (excluding diaryl/α,β-unsaturated/α-hetero) is 1. The molecule has 0 spiro atoms. The number of nitrogens with two attached hydrogens (primary N) is 1. The van der Waals surface area contributed by atoms with Gasteiger partial charge in [-0.3, -0.25) is 4.79 Å². The third kappa shape index (κ3) is 2.89. The Labute approximate surface area is 136 Å². The summed E-state index contributed by atoms with van der Waals surface area (Å²) in [5, 5.41) is 0. The van der Waals surface area contributed by atoms with E-state index in [-0.39, 0.29) is 11.7 Å². The molecule has 2 aromatic rings. The summed E-state index contributed by atoms with van der Waals surface area (Å²) in [5.41, 5.74) is 7.58. The monoisotopic (exact) mass is 311 g/mol. The van der Waals surface area contributed by atoms with Crippen molar-refractivity contribution in [1.29, 1.82) is 0 Å². The van der Waals surface area contributed by atoms with Crippen molar-refractivity contribution in [2.75, 3.05) is 12.8 Å². The van der Waals surface area contributed by atoms with Crippen LogP contribution in [0.5, 0.6) is 11.5 Å². The van der Waals surface area contributed by atoms with E-state index in [0.717, 1.165) is 5.56 Å². The van der Waals surface area contributed by atoms with Gasteiger partial charge in [-0.1, -0.05) is 12.1 Å². The summed E-state index contributed by atoms with van der Waals surface area (Å²) in [6, 6.07) is 13.0. The Hall–Kier alpha value is -2.49. The van der Waals surface area contributed by atoms with Crippen LogP contribution in [0.25, 0.3) is 0 Å². The molecule has 1 aliphatic heterocycles. The number of ether oxygens (including phenoxy) is 2. The number of methoxy groups -OCH3 is 1. The summed E-state index contributed by atoms with van der Waals surface area (Å²) in [6.07, 6.45) is 0.591. The van der Waals surface area contributed by atoms with E-state index < -0.39 is 5.60 Å². The summed E-state index contributed by atoms with van der Waals surface area (Å²) in [6.45, 7) is 3.91. The molecule has 0 amide bonds. The number of nitrogen functional groups attached to an aromatic ring is 1. The van der Waals surface area contributed by atoms with Gasteiger partial charge in [-0.2, -0.15) is 0 Å². The van der Waals surface area contributed by atoms with E-state index in [1.807, 2.05) is 38.1 Å². The van der Waals surface area contributed by atoms with Gasteiger partial charge in [0.1, 0.15) is 17.1 Å². The highest BCUT2D eigenvalue weighted by Gasteiger charge is 2.43. The lowest BCUT2D eigenvalue weighted by Crippen LogP contribution is -2.47. The second kappa shape index (κ2) is 5.61. The van der Waals surface area contributed by atoms with Crippen LogP contribution in [0.3, 0.4) is 0 Å². The number of ketones is 1. The third-order valence-corrected chi connectivity index (χ3v) is 4.37. The lowest BCUT2D eigenvalue weighted by atomic mass is 9.77. The molecular weight excluding hydrogens is 290 g/mol. The van der Waals surface area contributed by atoms with Gasteiger partial charge in [0.25, 0.3) is 0 Å². The Morgan fingerprint density at radius 3 is 2.70 bits per heavy atom. The fourth-order valence-corrected chi connectivity index (χ4v) is 3.07. The molecule has 2 aromatic carbocycles. The minimum absolute atomic E-state index is 0.0811. The third-order valence-electron chi connectivity index (χ3n) is 4.37. The molecule has 1 aliphatic rings. The van der Waals surface area contributed by atoms with E-state index in [1.54, 1.807) is 25.3 Å². The highest BCUT2D eigenvalue weighted by atomic mass is 16.5. The normalized spacial score (nSPS) is 18.9. The molecule has 0 saturated heterocycles. The Morgan fingerprint density at radius 2 is 2.00 bits per heavy atom. The predicted molar refractivity (Wildman–Crippen MR) is 90.1 cm³/mol. The predicted octanol–water partition coefficient (Wildman–Crippen LogP) is 3.49. The second-order valence-corrected chi connectivity index (χ2v) is 6.43. The Morgan fingerprint density at radius 1 is 1.22 bits per heavy atom. The number of rotatable bonds is 3. The Bertz CT molecular complexity index is 752. The van der Waals surface area contributed by atoms with Crippen LogP contribution in [0.15, 0.2) is 42.5 Å². The fourth-order valence-electron chi connectivity index (χ4n) is 3.07. The number of fused-ring (bicyclic) bond motifs is 1. The van der Waals surface area contributed by atoms with Crippen molar-refractivity contribution in [3.8, 4) is 11.5 Å². The van der Waals surface area contributed by atoms with Gasteiger partial charge in [-0.05, 0) is 56.2 Å². The summed E-state index contributed by atoms with van der Waals surface area (Å²) >= 11 is 0. The second-order valence-electron chi connectivity index (χ2n) is 6.43. The van der Waals surface area contributed by atoms with Crippen molar-refractivity contribution >= 4 is 11.5 Å². The van der Waals surface area contributed by atoms with Crippen LogP contribution in [0, 0.1) is 5.92 Å². The molecule has 0 fully saturated rings. The molecule has 1 atom stereocenters. The van der Waals surface area contributed by atoms with E-state index >= 15 is 0 Å². The minimum atomic E-state index is -0.580. The van der Waals surface area contributed by atoms with Crippen LogP contribution < -0.4 is 15.2 Å². The molecule has 4 nitrogen and oxygen atoms in total. The van der Waals surface area contributed by atoms with Gasteiger partial charge in [-0.25, -0.2) is 0 Å². The van der Waals surface area contributed by atoms with E-state index in [9.17, 15) is 4.79 Å². The van der Waals surface area contributed by atoms with Crippen molar-refractivity contribution in [3.05, 3.63) is 53.6 Å². The summed E-state index contributed by atoms with van der Waals surface area (Å²) in [5.74, 6) is 1.08. The zero-order chi connectivity index (χ0) is 16.6. The fraction of sp³-hybridized carbons (Fsp3) is 0.316. The van der Waals surface area contributed by atoms with Crippen LogP contribution in [0.4, 0.5) is 5.69 Å². The van der Waals surface area contributed by atoms with Crippen molar-refractivity contribution in [1.82, 2.24) is 0 Å². The van der Waals surface area contributed by atoms with E-state index in [2.05, 4.69) is 0 Å². The number of benzene rings is 2. The average molecular weight is 311 g/mol. The first-order valence-electron chi connectivity index (χ1n) is 7.66. The van der Waals surface area contributed by atoms with Gasteiger partial charge < -0.3 is 15.2 Å². The van der Waals surface area contributed by atoms with Gasteiger partial charge in [0.2, 0.25) is 0 Å². The summed E-state index contributed by atoms with van der Waals surface area (Å²) in [7, 11) is 1.59. The smallest absolute Gasteiger partial charge is 0.174 e. The van der Waals surface area contributed by atoms with Crippen LogP contribution in [-0.2, 0) is 6.42 Å². The van der Waals surface area contributed by atoms with Crippen LogP contribution in [0.1, 0.15) is 29.8 Å². The zero-order valence-electron chi connectivity index (χ0n) is 13.6. The first-order chi connectivity index (χ1) is 10.9. The molecule has 4 heteroatoms. The maximum absolute atomic E-state index is 13.0. The highest BCUT2D eigenvalue weighted by molar-refractivity contribution is 6.02. The minimum Gasteiger partial charge on any atom is -0.497 e. The first-order valence-corrected chi connectivity index (χ1v) is 7.66. The summed E-state index contributed by atoms with van der Waals surface area (Å²) < 4.78 is 11.3. The molecule has 0 aliphatic carbocycles. The number of hydrogen-bond acceptors (Lipinski definition) is 4. The van der Waals surface area contributed by atoms with Crippen LogP contribution in [0.2, 0.25) is 0 Å². The van der Waals surface area contributed by atoms with E-state index in [4.69, 9.17) is 15.2 Å². The van der Waals surface area contributed by atoms with Gasteiger partial charge in [-0.15, -0.1) is 0 Å². The molecule has 0 aromatic heterocycles. The lowest BCUT2D eigenvalue weighted by molar-refractivity contribution is 0.0262.